The topological polar surface area (TPSA) is 92.3 Å². The van der Waals surface area contributed by atoms with Crippen molar-refractivity contribution in [2.24, 2.45) is 5.73 Å². The number of ketones is 1. The van der Waals surface area contributed by atoms with Crippen molar-refractivity contribution in [1.29, 1.82) is 0 Å². The molecule has 2 rings (SSSR count). The number of benzene rings is 1. The number of carbonyl (C=O) groups excluding carboxylic acids is 1. The highest BCUT2D eigenvalue weighted by Crippen LogP contribution is 2.30. The van der Waals surface area contributed by atoms with Gasteiger partial charge in [0.1, 0.15) is 17.1 Å². The van der Waals surface area contributed by atoms with Gasteiger partial charge in [-0.2, -0.15) is 0 Å². The van der Waals surface area contributed by atoms with Crippen LogP contribution >= 0.6 is 0 Å². The van der Waals surface area contributed by atoms with Gasteiger partial charge in [0, 0.05) is 6.54 Å². The molecule has 0 aliphatic carbocycles. The van der Waals surface area contributed by atoms with Gasteiger partial charge in [0.2, 0.25) is 5.78 Å². The summed E-state index contributed by atoms with van der Waals surface area (Å²) >= 11 is 0. The highest BCUT2D eigenvalue weighted by Gasteiger charge is 2.22. The molecule has 0 aliphatic heterocycles. The summed E-state index contributed by atoms with van der Waals surface area (Å²) in [5.41, 5.74) is 5.99. The molecule has 0 saturated carbocycles. The zero-order valence-electron chi connectivity index (χ0n) is 11.4. The van der Waals surface area contributed by atoms with Crippen LogP contribution in [0.5, 0.6) is 11.5 Å². The van der Waals surface area contributed by atoms with E-state index in [1.807, 2.05) is 0 Å². The van der Waals surface area contributed by atoms with E-state index in [0.717, 1.165) is 0 Å². The van der Waals surface area contributed by atoms with E-state index in [9.17, 15) is 4.79 Å². The Bertz CT molecular complexity index is 587. The van der Waals surface area contributed by atoms with Crippen molar-refractivity contribution in [3.8, 4) is 11.5 Å². The van der Waals surface area contributed by atoms with Crippen LogP contribution in [0.2, 0.25) is 0 Å². The first-order chi connectivity index (χ1) is 9.71. The fourth-order valence-electron chi connectivity index (χ4n) is 1.85. The molecule has 1 heterocycles. The summed E-state index contributed by atoms with van der Waals surface area (Å²) in [6.45, 7) is 0.929. The van der Waals surface area contributed by atoms with Crippen molar-refractivity contribution in [3.63, 3.8) is 0 Å². The molecule has 0 radical (unpaired) electrons. The largest absolute Gasteiger partial charge is 0.496 e. The van der Waals surface area contributed by atoms with Gasteiger partial charge in [-0.25, -0.2) is 0 Å². The Kier molecular flexibility index (Phi) is 4.31. The maximum absolute atomic E-state index is 12.5. The summed E-state index contributed by atoms with van der Waals surface area (Å²) in [6.07, 6.45) is 1.56. The predicted octanol–water partition coefficient (Wildman–Crippen LogP) is 0.485. The quantitative estimate of drug-likeness (QED) is 0.772. The van der Waals surface area contributed by atoms with Gasteiger partial charge < -0.3 is 15.2 Å². The Morgan fingerprint density at radius 1 is 1.30 bits per heavy atom. The molecule has 0 fully saturated rings. The molecule has 2 N–H and O–H groups in total. The number of hydrogen-bond acceptors (Lipinski definition) is 6. The third-order valence-electron chi connectivity index (χ3n) is 2.78. The summed E-state index contributed by atoms with van der Waals surface area (Å²) in [7, 11) is 2.99. The van der Waals surface area contributed by atoms with Gasteiger partial charge in [0.25, 0.3) is 0 Å². The molecule has 7 heteroatoms. The number of aromatic nitrogens is 3. The number of ether oxygens (including phenoxy) is 2. The van der Waals surface area contributed by atoms with Crippen LogP contribution in [-0.2, 0) is 6.54 Å². The fourth-order valence-corrected chi connectivity index (χ4v) is 1.85. The first-order valence-electron chi connectivity index (χ1n) is 6.07. The van der Waals surface area contributed by atoms with Gasteiger partial charge in [0.15, 0.2) is 5.69 Å². The van der Waals surface area contributed by atoms with Gasteiger partial charge in [-0.15, -0.1) is 5.10 Å². The van der Waals surface area contributed by atoms with E-state index in [4.69, 9.17) is 15.2 Å². The van der Waals surface area contributed by atoms with Gasteiger partial charge in [-0.05, 0) is 12.1 Å². The van der Waals surface area contributed by atoms with Crippen molar-refractivity contribution in [3.05, 3.63) is 35.7 Å². The lowest BCUT2D eigenvalue weighted by atomic mass is 10.1. The molecule has 0 bridgehead atoms. The second-order valence-electron chi connectivity index (χ2n) is 4.02. The lowest BCUT2D eigenvalue weighted by Gasteiger charge is -2.10. The van der Waals surface area contributed by atoms with Crippen LogP contribution in [0.4, 0.5) is 0 Å². The summed E-state index contributed by atoms with van der Waals surface area (Å²) in [6, 6.07) is 5.14. The van der Waals surface area contributed by atoms with Crippen LogP contribution in [0.15, 0.2) is 24.4 Å². The van der Waals surface area contributed by atoms with E-state index in [2.05, 4.69) is 10.3 Å². The third kappa shape index (κ3) is 2.62. The van der Waals surface area contributed by atoms with Crippen LogP contribution in [0.1, 0.15) is 16.1 Å². The number of methoxy groups -OCH3 is 2. The number of carbonyl (C=O) groups is 1. The Balaban J connectivity index is 2.41. The zero-order valence-corrected chi connectivity index (χ0v) is 11.4. The van der Waals surface area contributed by atoms with Crippen molar-refractivity contribution in [2.75, 3.05) is 20.8 Å². The van der Waals surface area contributed by atoms with E-state index in [1.165, 1.54) is 18.9 Å². The van der Waals surface area contributed by atoms with E-state index < -0.39 is 0 Å². The Morgan fingerprint density at radius 3 is 2.50 bits per heavy atom. The number of hydrogen-bond donors (Lipinski definition) is 1. The van der Waals surface area contributed by atoms with Crippen LogP contribution in [-0.4, -0.2) is 41.5 Å². The summed E-state index contributed by atoms with van der Waals surface area (Å²) in [5, 5.41) is 7.71. The Morgan fingerprint density at radius 2 is 1.95 bits per heavy atom. The summed E-state index contributed by atoms with van der Waals surface area (Å²) < 4.78 is 11.9. The van der Waals surface area contributed by atoms with Gasteiger partial charge >= 0.3 is 0 Å². The smallest absolute Gasteiger partial charge is 0.222 e. The van der Waals surface area contributed by atoms with E-state index in [0.29, 0.717) is 30.2 Å². The molecule has 1 aromatic carbocycles. The highest BCUT2D eigenvalue weighted by molar-refractivity contribution is 6.11. The lowest BCUT2D eigenvalue weighted by molar-refractivity contribution is 0.102. The normalized spacial score (nSPS) is 10.3. The monoisotopic (exact) mass is 276 g/mol. The predicted molar refractivity (Wildman–Crippen MR) is 72.1 cm³/mol. The maximum Gasteiger partial charge on any atom is 0.222 e. The first kappa shape index (κ1) is 14.0. The van der Waals surface area contributed by atoms with E-state index in [-0.39, 0.29) is 11.5 Å². The number of rotatable bonds is 6. The minimum atomic E-state index is -0.303. The standard InChI is InChI=1S/C13H16N4O3/c1-19-10-4-3-5-11(20-2)12(10)13(18)9-8-17(7-6-14)16-15-9/h3-5,8H,6-7,14H2,1-2H3. The second kappa shape index (κ2) is 6.16. The average molecular weight is 276 g/mol. The lowest BCUT2D eigenvalue weighted by Crippen LogP contribution is -2.10. The Labute approximate surface area is 116 Å². The number of nitrogens with zero attached hydrogens (tertiary/aromatic N) is 3. The van der Waals surface area contributed by atoms with Gasteiger partial charge in [-0.3, -0.25) is 9.48 Å². The highest BCUT2D eigenvalue weighted by atomic mass is 16.5. The zero-order chi connectivity index (χ0) is 14.5. The average Bonchev–Trinajstić information content (AvgIpc) is 2.94. The molecule has 0 atom stereocenters. The third-order valence-corrected chi connectivity index (χ3v) is 2.78. The van der Waals surface area contributed by atoms with Crippen LogP contribution < -0.4 is 15.2 Å². The van der Waals surface area contributed by atoms with Crippen molar-refractivity contribution in [1.82, 2.24) is 15.0 Å². The second-order valence-corrected chi connectivity index (χ2v) is 4.02. The van der Waals surface area contributed by atoms with Crippen LogP contribution in [0, 0.1) is 0 Å². The Hall–Kier alpha value is -2.41. The molecule has 7 nitrogen and oxygen atoms in total. The SMILES string of the molecule is COc1cccc(OC)c1C(=O)c1cn(CCN)nn1. The molecule has 0 unspecified atom stereocenters. The minimum absolute atomic E-state index is 0.223. The van der Waals surface area contributed by atoms with E-state index in [1.54, 1.807) is 24.4 Å². The molecule has 0 saturated heterocycles. The molecule has 106 valence electrons. The van der Waals surface area contributed by atoms with Gasteiger partial charge in [-0.1, -0.05) is 11.3 Å². The fraction of sp³-hybridized carbons (Fsp3) is 0.308. The van der Waals surface area contributed by atoms with Crippen molar-refractivity contribution >= 4 is 5.78 Å². The molecule has 1 aromatic heterocycles. The van der Waals surface area contributed by atoms with Crippen LogP contribution in [0.3, 0.4) is 0 Å². The summed E-state index contributed by atoms with van der Waals surface area (Å²) in [5.74, 6) is 0.563. The molecular formula is C13H16N4O3. The molecule has 0 amide bonds. The molecule has 2 aromatic rings. The maximum atomic E-state index is 12.5. The summed E-state index contributed by atoms with van der Waals surface area (Å²) in [4.78, 5) is 12.5. The van der Waals surface area contributed by atoms with Crippen molar-refractivity contribution < 1.29 is 14.3 Å². The van der Waals surface area contributed by atoms with Crippen molar-refractivity contribution in [2.45, 2.75) is 6.54 Å². The van der Waals surface area contributed by atoms with E-state index >= 15 is 0 Å². The molecule has 20 heavy (non-hydrogen) atoms. The van der Waals surface area contributed by atoms with Gasteiger partial charge in [0.05, 0.1) is 27.0 Å². The van der Waals surface area contributed by atoms with Crippen LogP contribution in [0.25, 0.3) is 0 Å². The molecule has 0 aliphatic rings. The first-order valence-corrected chi connectivity index (χ1v) is 6.07. The number of nitrogens with two attached hydrogens (primary N) is 1. The minimum Gasteiger partial charge on any atom is -0.496 e. The molecular weight excluding hydrogens is 260 g/mol. The molecule has 0 spiro atoms.